The number of urea groups is 1. The van der Waals surface area contributed by atoms with Crippen LogP contribution in [0.1, 0.15) is 76.0 Å². The van der Waals surface area contributed by atoms with Gasteiger partial charge >= 0.3 is 24.9 Å². The highest BCUT2D eigenvalue weighted by Gasteiger charge is 2.34. The molecule has 5 N–H and O–H groups in total. The van der Waals surface area contributed by atoms with E-state index in [2.05, 4.69) is 26.3 Å². The molecule has 0 bridgehead atoms. The molecule has 0 spiro atoms. The molecule has 3 amide bonds. The van der Waals surface area contributed by atoms with Crippen LogP contribution in [0.25, 0.3) is 10.8 Å². The van der Waals surface area contributed by atoms with Crippen molar-refractivity contribution < 1.29 is 70.7 Å². The van der Waals surface area contributed by atoms with Crippen molar-refractivity contribution in [3.8, 4) is 0 Å². The molecule has 0 fully saturated rings. The number of ether oxygens (including phenoxy) is 2. The van der Waals surface area contributed by atoms with Crippen molar-refractivity contribution in [3.05, 3.63) is 59.9 Å². The smallest absolute Gasteiger partial charge is 0.481 e. The molecule has 18 nitrogen and oxygen atoms in total. The standard InChI is InChI=1S/C43H61BF3N7O11/c1-30(55)38(15-16-40(58)59)49-43(63)50-39(42(61)62)12-6-7-18-48-41(60)34(24-31-13-14-32-9-4-5-10-33(32)23-31)25-36(56)17-20-65-22-21-64-19-8-11-37(57)27-53-26-35(51-52-53)28-54(2,3)29-44(45,46)47/h4-5,9-10,13-14,23,26,34,38-39H,6-8,11-12,15-22,24-25,27-29H2,1-3H3,(H,48,60)(H,58,59)(H,61,62)(H2,49,50,63). The van der Waals surface area contributed by atoms with Gasteiger partial charge in [0.15, 0.2) is 11.6 Å². The molecule has 1 heterocycles. The van der Waals surface area contributed by atoms with Gasteiger partial charge in [0.05, 0.1) is 52.6 Å². The Morgan fingerprint density at radius 2 is 1.51 bits per heavy atom. The van der Waals surface area contributed by atoms with Crippen LogP contribution in [0.15, 0.2) is 48.7 Å². The molecule has 22 heteroatoms. The molecule has 0 aliphatic rings. The van der Waals surface area contributed by atoms with Crippen LogP contribution >= 0.6 is 0 Å². The first kappa shape index (κ1) is 53.6. The molecular formula is C43H61BF3N7O11. The van der Waals surface area contributed by atoms with Crippen LogP contribution in [0, 0.1) is 5.92 Å². The predicted octanol–water partition coefficient (Wildman–Crippen LogP) is 3.85. The number of aliphatic carboxylic acids is 2. The third-order valence-electron chi connectivity index (χ3n) is 10.3. The number of ketones is 3. The van der Waals surface area contributed by atoms with Crippen LogP contribution < -0.4 is 16.0 Å². The molecule has 358 valence electrons. The number of quaternary nitrogens is 1. The molecule has 3 rings (SSSR count). The van der Waals surface area contributed by atoms with Gasteiger partial charge in [0, 0.05) is 44.8 Å². The van der Waals surface area contributed by atoms with Crippen LogP contribution in [-0.4, -0.2) is 143 Å². The van der Waals surface area contributed by atoms with Crippen molar-refractivity contribution >= 4 is 59.0 Å². The summed E-state index contributed by atoms with van der Waals surface area (Å²) in [7, 11) is 2.91. The molecule has 3 unspecified atom stereocenters. The number of hydrogen-bond donors (Lipinski definition) is 5. The number of carbonyl (C=O) groups excluding carboxylic acids is 5. The summed E-state index contributed by atoms with van der Waals surface area (Å²) in [6.45, 7) is -2.85. The van der Waals surface area contributed by atoms with E-state index < -0.39 is 55.2 Å². The topological polar surface area (TPSA) is 245 Å². The second-order valence-electron chi connectivity index (χ2n) is 16.7. The zero-order valence-electron chi connectivity index (χ0n) is 37.1. The monoisotopic (exact) mass is 919 g/mol. The van der Waals surface area contributed by atoms with E-state index in [9.17, 15) is 51.6 Å². The average molecular weight is 920 g/mol. The number of unbranched alkanes of at least 4 members (excludes halogenated alkanes) is 1. The lowest BCUT2D eigenvalue weighted by Crippen LogP contribution is -2.50. The minimum Gasteiger partial charge on any atom is -0.481 e. The van der Waals surface area contributed by atoms with Gasteiger partial charge in [-0.15, -0.1) is 5.10 Å². The van der Waals surface area contributed by atoms with E-state index in [1.165, 1.54) is 31.9 Å². The Morgan fingerprint density at radius 1 is 0.815 bits per heavy atom. The average Bonchev–Trinajstić information content (AvgIpc) is 3.64. The Hall–Kier alpha value is -5.74. The van der Waals surface area contributed by atoms with Crippen molar-refractivity contribution in [2.45, 2.75) is 96.3 Å². The van der Waals surface area contributed by atoms with Crippen molar-refractivity contribution in [1.82, 2.24) is 30.9 Å². The van der Waals surface area contributed by atoms with E-state index >= 15 is 0 Å². The van der Waals surface area contributed by atoms with E-state index in [1.54, 1.807) is 0 Å². The van der Waals surface area contributed by atoms with Gasteiger partial charge in [-0.1, -0.05) is 47.7 Å². The number of halogens is 3. The molecule has 0 aliphatic heterocycles. The number of aromatic nitrogens is 3. The third kappa shape index (κ3) is 22.1. The van der Waals surface area contributed by atoms with Gasteiger partial charge in [-0.2, -0.15) is 0 Å². The fraction of sp³-hybridized carbons (Fsp3) is 0.558. The van der Waals surface area contributed by atoms with E-state index in [1.807, 2.05) is 42.5 Å². The van der Waals surface area contributed by atoms with Gasteiger partial charge in [0.25, 0.3) is 0 Å². The minimum atomic E-state index is -4.97. The lowest BCUT2D eigenvalue weighted by molar-refractivity contribution is -0.895. The Balaban J connectivity index is 1.39. The van der Waals surface area contributed by atoms with Crippen molar-refractivity contribution in [1.29, 1.82) is 0 Å². The van der Waals surface area contributed by atoms with Crippen LogP contribution in [0.3, 0.4) is 0 Å². The second-order valence-corrected chi connectivity index (χ2v) is 16.7. The quantitative estimate of drug-likeness (QED) is 0.0332. The molecule has 65 heavy (non-hydrogen) atoms. The summed E-state index contributed by atoms with van der Waals surface area (Å²) in [4.78, 5) is 85.9. The number of benzene rings is 2. The largest absolute Gasteiger partial charge is 0.531 e. The zero-order valence-corrected chi connectivity index (χ0v) is 37.1. The fourth-order valence-corrected chi connectivity index (χ4v) is 7.07. The predicted molar refractivity (Wildman–Crippen MR) is 232 cm³/mol. The van der Waals surface area contributed by atoms with E-state index in [0.29, 0.717) is 25.0 Å². The summed E-state index contributed by atoms with van der Waals surface area (Å²) < 4.78 is 50.8. The number of fused-ring (bicyclic) bond motifs is 1. The lowest BCUT2D eigenvalue weighted by Gasteiger charge is -2.33. The van der Waals surface area contributed by atoms with Crippen LogP contribution in [-0.2, 0) is 57.8 Å². The Kier molecular flexibility index (Phi) is 22.2. The molecular weight excluding hydrogens is 858 g/mol. The highest BCUT2D eigenvalue weighted by atomic mass is 19.4. The van der Waals surface area contributed by atoms with Gasteiger partial charge in [0.1, 0.15) is 30.6 Å². The SMILES string of the molecule is CC(=O)C(CCC(=O)O)NC(=O)NC(CCCCNC(=O)C(CC(=O)CCOCCOCCCC(=O)Cn1cc(C[N+](C)(C)C[B-](F)(F)F)nn1)Cc1ccc2ccccc2c1)C(=O)O. The first-order valence-corrected chi connectivity index (χ1v) is 21.6. The van der Waals surface area contributed by atoms with Gasteiger partial charge in [0.2, 0.25) is 5.91 Å². The summed E-state index contributed by atoms with van der Waals surface area (Å²) in [5, 5.41) is 35.8. The number of amides is 3. The number of nitrogens with zero attached hydrogens (tertiary/aromatic N) is 4. The highest BCUT2D eigenvalue weighted by Crippen LogP contribution is 2.21. The Labute approximate surface area is 375 Å². The Morgan fingerprint density at radius 3 is 2.18 bits per heavy atom. The molecule has 1 aromatic heterocycles. The third-order valence-corrected chi connectivity index (χ3v) is 10.3. The Bertz CT molecular complexity index is 2070. The van der Waals surface area contributed by atoms with Crippen LogP contribution in [0.2, 0.25) is 0 Å². The first-order chi connectivity index (χ1) is 30.7. The lowest BCUT2D eigenvalue weighted by atomic mass is 9.90. The summed E-state index contributed by atoms with van der Waals surface area (Å²) in [5.74, 6) is -4.31. The molecule has 0 radical (unpaired) electrons. The number of carboxylic acid groups (broad SMARTS) is 2. The fourth-order valence-electron chi connectivity index (χ4n) is 7.07. The number of rotatable bonds is 33. The van der Waals surface area contributed by atoms with Gasteiger partial charge in [-0.25, -0.2) is 14.3 Å². The van der Waals surface area contributed by atoms with Gasteiger partial charge in [-0.3, -0.25) is 24.0 Å². The van der Waals surface area contributed by atoms with Crippen LogP contribution in [0.5, 0.6) is 0 Å². The number of hydrogen-bond acceptors (Lipinski definition) is 11. The number of carbonyl (C=O) groups is 7. The van der Waals surface area contributed by atoms with E-state index in [4.69, 9.17) is 14.6 Å². The molecule has 3 aromatic rings. The molecule has 2 aromatic carbocycles. The maximum atomic E-state index is 13.5. The molecule has 0 aliphatic carbocycles. The van der Waals surface area contributed by atoms with Crippen molar-refractivity contribution in [2.24, 2.45) is 5.92 Å². The number of nitrogens with one attached hydrogen (secondary N) is 3. The number of Topliss-reactive ketones (excluding diaryl/α,β-unsaturated/α-hetero) is 3. The zero-order chi connectivity index (χ0) is 48.0. The summed E-state index contributed by atoms with van der Waals surface area (Å²) >= 11 is 0. The second kappa shape index (κ2) is 26.9. The van der Waals surface area contributed by atoms with Gasteiger partial charge < -0.3 is 53.1 Å². The van der Waals surface area contributed by atoms with Crippen molar-refractivity contribution in [2.75, 3.05) is 53.5 Å². The first-order valence-electron chi connectivity index (χ1n) is 21.6. The van der Waals surface area contributed by atoms with Crippen molar-refractivity contribution in [3.63, 3.8) is 0 Å². The maximum absolute atomic E-state index is 13.5. The summed E-state index contributed by atoms with van der Waals surface area (Å²) in [5.41, 5.74) is 1.22. The number of carboxylic acids is 2. The van der Waals surface area contributed by atoms with Crippen LogP contribution in [0.4, 0.5) is 17.7 Å². The highest BCUT2D eigenvalue weighted by molar-refractivity contribution is 6.58. The normalized spacial score (nSPS) is 13.1. The minimum absolute atomic E-state index is 0.00977. The van der Waals surface area contributed by atoms with Gasteiger partial charge in [-0.05, 0) is 61.8 Å². The maximum Gasteiger partial charge on any atom is 0.531 e. The molecule has 3 atom stereocenters. The van der Waals surface area contributed by atoms with E-state index in [0.717, 1.165) is 16.3 Å². The molecule has 0 saturated heterocycles. The molecule has 0 saturated carbocycles. The summed E-state index contributed by atoms with van der Waals surface area (Å²) in [6, 6.07) is 10.3. The van der Waals surface area contributed by atoms with E-state index in [-0.39, 0.29) is 113 Å². The summed E-state index contributed by atoms with van der Waals surface area (Å²) in [6.07, 6.45) is 1.59.